The zero-order valence-electron chi connectivity index (χ0n) is 40.5. The molecule has 1 unspecified atom stereocenters. The lowest BCUT2D eigenvalue weighted by atomic mass is 9.84. The summed E-state index contributed by atoms with van der Waals surface area (Å²) in [7, 11) is 6.69. The van der Waals surface area contributed by atoms with E-state index in [9.17, 15) is 24.0 Å². The molecule has 1 N–H and O–H groups in total. The first-order valence-electron chi connectivity index (χ1n) is 23.5. The molecule has 13 nitrogen and oxygen atoms in total. The standard InChI is InChI=1S/C51H78N4O9/c1-12-35(6)48(53(9)51(60)41(33(2)3)28-44(57)47(52-8)34(4)5)45(61-10)29-46(58)54-25-19-24-42(54)49(62-11)36(7)43(56)27-39(26-37-20-15-13-16-21-37)50(59)55-30-40(32-64-55)63-31-38-22-17-14-18-23-38/h13-18,20-23,33-36,39-42,45,47-49,52H,12,19,24-32H2,1-11H3/t35-,36-,39+,40?,41-,42-,45+,47-,48-,49+/m0/s1. The summed E-state index contributed by atoms with van der Waals surface area (Å²) in [5.41, 5.74) is 1.97. The Kier molecular flexibility index (Phi) is 21.1. The van der Waals surface area contributed by atoms with Crippen molar-refractivity contribution < 1.29 is 43.0 Å². The van der Waals surface area contributed by atoms with E-state index in [-0.39, 0.29) is 97.6 Å². The predicted octanol–water partition coefficient (Wildman–Crippen LogP) is 6.56. The number of hydrogen-bond acceptors (Lipinski definition) is 10. The van der Waals surface area contributed by atoms with Crippen LogP contribution in [0, 0.1) is 35.5 Å². The molecule has 0 aliphatic carbocycles. The fourth-order valence-corrected chi connectivity index (χ4v) is 9.70. The van der Waals surface area contributed by atoms with Crippen molar-refractivity contribution >= 4 is 29.3 Å². The molecule has 4 rings (SSSR count). The number of ketones is 2. The first-order valence-corrected chi connectivity index (χ1v) is 23.5. The van der Waals surface area contributed by atoms with Gasteiger partial charge in [-0.15, -0.1) is 0 Å². The number of nitrogens with one attached hydrogen (secondary N) is 1. The number of rotatable bonds is 26. The summed E-state index contributed by atoms with van der Waals surface area (Å²) in [5, 5.41) is 4.47. The number of amides is 3. The average molecular weight is 891 g/mol. The average Bonchev–Trinajstić information content (AvgIpc) is 3.98. The summed E-state index contributed by atoms with van der Waals surface area (Å²) in [6.07, 6.45) is 1.08. The minimum atomic E-state index is -0.683. The van der Waals surface area contributed by atoms with Gasteiger partial charge >= 0.3 is 0 Å². The molecule has 0 saturated carbocycles. The molecule has 13 heteroatoms. The van der Waals surface area contributed by atoms with Gasteiger partial charge in [-0.05, 0) is 55.2 Å². The van der Waals surface area contributed by atoms with Crippen LogP contribution in [0.5, 0.6) is 0 Å². The highest BCUT2D eigenvalue weighted by atomic mass is 16.7. The molecule has 2 fully saturated rings. The molecule has 0 radical (unpaired) electrons. The van der Waals surface area contributed by atoms with Crippen LogP contribution in [0.1, 0.15) is 98.1 Å². The van der Waals surface area contributed by atoms with Gasteiger partial charge in [0, 0.05) is 52.5 Å². The Morgan fingerprint density at radius 1 is 0.844 bits per heavy atom. The van der Waals surface area contributed by atoms with Crippen LogP contribution in [0.25, 0.3) is 0 Å². The quantitative estimate of drug-likeness (QED) is 0.110. The van der Waals surface area contributed by atoms with Crippen molar-refractivity contribution in [3.63, 3.8) is 0 Å². The molecule has 2 saturated heterocycles. The van der Waals surface area contributed by atoms with E-state index in [0.717, 1.165) is 24.0 Å². The third-order valence-corrected chi connectivity index (χ3v) is 13.7. The van der Waals surface area contributed by atoms with E-state index in [4.69, 9.17) is 19.0 Å². The van der Waals surface area contributed by atoms with Gasteiger partial charge < -0.3 is 29.3 Å². The van der Waals surface area contributed by atoms with Crippen LogP contribution < -0.4 is 5.32 Å². The van der Waals surface area contributed by atoms with Gasteiger partial charge in [0.1, 0.15) is 18.5 Å². The number of Topliss-reactive ketones (excluding diaryl/α,β-unsaturated/α-hetero) is 2. The van der Waals surface area contributed by atoms with Crippen molar-refractivity contribution in [1.82, 2.24) is 20.2 Å². The third-order valence-electron chi connectivity index (χ3n) is 13.7. The maximum Gasteiger partial charge on any atom is 0.250 e. The van der Waals surface area contributed by atoms with Gasteiger partial charge in [-0.3, -0.25) is 28.8 Å². The summed E-state index contributed by atoms with van der Waals surface area (Å²) in [5.74, 6) is -2.51. The first-order chi connectivity index (χ1) is 30.6. The van der Waals surface area contributed by atoms with Crippen molar-refractivity contribution in [3.05, 3.63) is 71.8 Å². The van der Waals surface area contributed by atoms with Crippen molar-refractivity contribution in [3.8, 4) is 0 Å². The predicted molar refractivity (Wildman–Crippen MR) is 248 cm³/mol. The van der Waals surface area contributed by atoms with E-state index in [1.165, 1.54) is 5.06 Å². The number of hydroxylamine groups is 2. The van der Waals surface area contributed by atoms with E-state index < -0.39 is 36.0 Å². The van der Waals surface area contributed by atoms with Crippen molar-refractivity contribution in [2.45, 2.75) is 136 Å². The maximum atomic E-state index is 14.5. The number of carbonyl (C=O) groups is 5. The summed E-state index contributed by atoms with van der Waals surface area (Å²) in [6.45, 7) is 15.3. The van der Waals surface area contributed by atoms with Gasteiger partial charge in [-0.1, -0.05) is 116 Å². The molecule has 64 heavy (non-hydrogen) atoms. The Morgan fingerprint density at radius 2 is 1.48 bits per heavy atom. The monoisotopic (exact) mass is 891 g/mol. The molecule has 2 aromatic carbocycles. The number of likely N-dealkylation sites (tertiary alicyclic amines) is 1. The molecule has 0 bridgehead atoms. The topological polar surface area (TPSA) is 144 Å². The molecule has 0 spiro atoms. The largest absolute Gasteiger partial charge is 0.379 e. The Bertz CT molecular complexity index is 1780. The van der Waals surface area contributed by atoms with Crippen LogP contribution in [0.15, 0.2) is 60.7 Å². The van der Waals surface area contributed by atoms with E-state index >= 15 is 0 Å². The Hall–Kier alpha value is -4.01. The van der Waals surface area contributed by atoms with E-state index in [2.05, 4.69) is 19.2 Å². The molecular formula is C51H78N4O9. The lowest BCUT2D eigenvalue weighted by Gasteiger charge is -2.41. The van der Waals surface area contributed by atoms with Gasteiger partial charge in [-0.25, -0.2) is 5.06 Å². The van der Waals surface area contributed by atoms with Crippen LogP contribution in [0.2, 0.25) is 0 Å². The summed E-state index contributed by atoms with van der Waals surface area (Å²) in [6, 6.07) is 18.3. The van der Waals surface area contributed by atoms with Gasteiger partial charge in [0.2, 0.25) is 17.7 Å². The molecule has 10 atom stereocenters. The number of ether oxygens (including phenoxy) is 3. The maximum absolute atomic E-state index is 14.5. The summed E-state index contributed by atoms with van der Waals surface area (Å²) in [4.78, 5) is 80.1. The zero-order chi connectivity index (χ0) is 47.1. The normalized spacial score (nSPS) is 20.4. The fraction of sp³-hybridized carbons (Fsp3) is 0.667. The SMILES string of the molecule is CC[C@H](C)[C@@H]([C@@H](CC(=O)N1CCC[C@H]1[C@H](OC)[C@@H](C)C(=O)C[C@@H](Cc1ccccc1)C(=O)N1CC(OCc2ccccc2)CO1)OC)N(C)C(=O)[C@@H](CC(=O)[C@@H](NC)C(C)C)C(C)C. The van der Waals surface area contributed by atoms with Crippen LogP contribution in [0.3, 0.4) is 0 Å². The van der Waals surface area contributed by atoms with Crippen molar-refractivity contribution in [2.75, 3.05) is 48.0 Å². The van der Waals surface area contributed by atoms with Gasteiger partial charge in [0.25, 0.3) is 0 Å². The smallest absolute Gasteiger partial charge is 0.250 e. The van der Waals surface area contributed by atoms with Crippen molar-refractivity contribution in [2.24, 2.45) is 35.5 Å². The molecule has 2 aliphatic rings. The van der Waals surface area contributed by atoms with Gasteiger partial charge in [-0.2, -0.15) is 0 Å². The number of nitrogens with zero attached hydrogens (tertiary/aromatic N) is 3. The zero-order valence-corrected chi connectivity index (χ0v) is 40.5. The molecule has 3 amide bonds. The summed E-state index contributed by atoms with van der Waals surface area (Å²) >= 11 is 0. The van der Waals surface area contributed by atoms with E-state index in [1.807, 2.05) is 100 Å². The van der Waals surface area contributed by atoms with Crippen LogP contribution in [-0.4, -0.2) is 129 Å². The van der Waals surface area contributed by atoms with Gasteiger partial charge in [0.15, 0.2) is 5.78 Å². The second-order valence-electron chi connectivity index (χ2n) is 18.8. The number of hydrogen-bond donors (Lipinski definition) is 1. The highest BCUT2D eigenvalue weighted by Gasteiger charge is 2.44. The van der Waals surface area contributed by atoms with Gasteiger partial charge in [0.05, 0.1) is 55.8 Å². The second kappa shape index (κ2) is 25.6. The van der Waals surface area contributed by atoms with Crippen LogP contribution in [0.4, 0.5) is 0 Å². The number of benzene rings is 2. The van der Waals surface area contributed by atoms with E-state index in [0.29, 0.717) is 26.0 Å². The summed E-state index contributed by atoms with van der Waals surface area (Å²) < 4.78 is 18.3. The molecule has 356 valence electrons. The molecule has 2 aromatic rings. The molecule has 0 aromatic heterocycles. The second-order valence-corrected chi connectivity index (χ2v) is 18.8. The highest BCUT2D eigenvalue weighted by molar-refractivity contribution is 5.90. The van der Waals surface area contributed by atoms with Crippen molar-refractivity contribution in [1.29, 1.82) is 0 Å². The minimum absolute atomic E-state index is 0.00862. The fourth-order valence-electron chi connectivity index (χ4n) is 9.70. The minimum Gasteiger partial charge on any atom is -0.379 e. The molecule has 2 heterocycles. The number of methoxy groups -OCH3 is 2. The Morgan fingerprint density at radius 3 is 2.05 bits per heavy atom. The first kappa shape index (κ1) is 52.6. The highest BCUT2D eigenvalue weighted by Crippen LogP contribution is 2.32. The molecular weight excluding hydrogens is 813 g/mol. The number of likely N-dealkylation sites (N-methyl/N-ethyl adjacent to an activating group) is 2. The van der Waals surface area contributed by atoms with Crippen LogP contribution >= 0.6 is 0 Å². The Labute approximate surface area is 383 Å². The lowest BCUT2D eigenvalue weighted by Crippen LogP contribution is -2.54. The lowest BCUT2D eigenvalue weighted by molar-refractivity contribution is -0.174. The van der Waals surface area contributed by atoms with Crippen LogP contribution in [-0.2, 0) is 56.0 Å². The Balaban J connectivity index is 1.47. The third kappa shape index (κ3) is 14.0. The molecule has 2 aliphatic heterocycles. The number of carbonyl (C=O) groups excluding carboxylic acids is 5. The van der Waals surface area contributed by atoms with E-state index in [1.54, 1.807) is 33.2 Å².